The number of hydrogen-bond acceptors (Lipinski definition) is 4. The number of hydrogen-bond donors (Lipinski definition) is 1. The van der Waals surface area contributed by atoms with Crippen LogP contribution in [0.2, 0.25) is 0 Å². The van der Waals surface area contributed by atoms with E-state index in [1.807, 2.05) is 54.6 Å². The molecule has 1 atom stereocenters. The van der Waals surface area contributed by atoms with Gasteiger partial charge in [-0.05, 0) is 54.2 Å². The van der Waals surface area contributed by atoms with Gasteiger partial charge in [-0.15, -0.1) is 5.10 Å². The highest BCUT2D eigenvalue weighted by molar-refractivity contribution is 5.89. The lowest BCUT2D eigenvalue weighted by atomic mass is 10.0. The molecule has 4 rings (SSSR count). The molecule has 0 saturated heterocycles. The fourth-order valence-electron chi connectivity index (χ4n) is 4.24. The summed E-state index contributed by atoms with van der Waals surface area (Å²) in [6, 6.07) is 22.1. The molecule has 0 aliphatic carbocycles. The van der Waals surface area contributed by atoms with Gasteiger partial charge in [0.15, 0.2) is 0 Å². The van der Waals surface area contributed by atoms with E-state index in [4.69, 9.17) is 0 Å². The second kappa shape index (κ2) is 12.3. The van der Waals surface area contributed by atoms with E-state index >= 15 is 0 Å². The summed E-state index contributed by atoms with van der Waals surface area (Å²) in [5.41, 5.74) is 3.02. The molecule has 7 nitrogen and oxygen atoms in total. The smallest absolute Gasteiger partial charge is 0.247 e. The van der Waals surface area contributed by atoms with Crippen molar-refractivity contribution in [1.29, 1.82) is 0 Å². The highest BCUT2D eigenvalue weighted by Crippen LogP contribution is 2.24. The molecule has 0 aliphatic heterocycles. The Morgan fingerprint density at radius 1 is 0.973 bits per heavy atom. The van der Waals surface area contributed by atoms with Crippen LogP contribution in [0.15, 0.2) is 78.9 Å². The number of rotatable bonds is 11. The Labute approximate surface area is 216 Å². The van der Waals surface area contributed by atoms with Crippen LogP contribution >= 0.6 is 0 Å². The number of nitrogens with zero attached hydrogens (tertiary/aromatic N) is 4. The summed E-state index contributed by atoms with van der Waals surface area (Å²) in [5.74, 6) is -0.558. The molecule has 0 aliphatic rings. The molecule has 0 radical (unpaired) electrons. The number of aromatic nitrogens is 3. The number of nitrogens with one attached hydrogen (secondary N) is 1. The first-order valence-corrected chi connectivity index (χ1v) is 12.6. The summed E-state index contributed by atoms with van der Waals surface area (Å²) >= 11 is 0. The van der Waals surface area contributed by atoms with Crippen LogP contribution in [-0.2, 0) is 22.6 Å². The van der Waals surface area contributed by atoms with Gasteiger partial charge < -0.3 is 10.2 Å². The third-order valence-corrected chi connectivity index (χ3v) is 6.28. The Bertz CT molecular complexity index is 1320. The summed E-state index contributed by atoms with van der Waals surface area (Å²) in [5, 5.41) is 11.3. The largest absolute Gasteiger partial charge is 0.354 e. The van der Waals surface area contributed by atoms with Gasteiger partial charge >= 0.3 is 0 Å². The van der Waals surface area contributed by atoms with Crippen LogP contribution < -0.4 is 5.32 Å². The monoisotopic (exact) mass is 501 g/mol. The molecule has 0 bridgehead atoms. The first-order chi connectivity index (χ1) is 17.9. The van der Waals surface area contributed by atoms with Gasteiger partial charge in [-0.1, -0.05) is 73.7 Å². The molecule has 0 saturated carbocycles. The van der Waals surface area contributed by atoms with Gasteiger partial charge in [0.25, 0.3) is 0 Å². The van der Waals surface area contributed by atoms with Crippen LogP contribution in [0.25, 0.3) is 11.0 Å². The second-order valence-electron chi connectivity index (χ2n) is 9.49. The maximum Gasteiger partial charge on any atom is 0.247 e. The molecule has 8 heteroatoms. The Balaban J connectivity index is 1.66. The van der Waals surface area contributed by atoms with Crippen molar-refractivity contribution in [2.24, 2.45) is 5.92 Å². The molecule has 192 valence electrons. The van der Waals surface area contributed by atoms with Gasteiger partial charge in [-0.25, -0.2) is 9.07 Å². The molecule has 2 amide bonds. The topological polar surface area (TPSA) is 80.1 Å². The lowest BCUT2D eigenvalue weighted by Crippen LogP contribution is -2.46. The lowest BCUT2D eigenvalue weighted by Gasteiger charge is -2.31. The standard InChI is InChI=1S/C29H32FN5O2/c1-21(2)16-18-31-29(37)28(23-12-14-24(30)15-13-23)34(19-17-22-8-4-3-5-9-22)27(36)20-35-26-11-7-6-10-25(26)32-33-35/h3-15,21,28H,16-20H2,1-2H3,(H,31,37)/t28-/m1/s1. The third-order valence-electron chi connectivity index (χ3n) is 6.28. The van der Waals surface area contributed by atoms with Crippen LogP contribution in [0.5, 0.6) is 0 Å². The van der Waals surface area contributed by atoms with Gasteiger partial charge in [0.2, 0.25) is 11.8 Å². The van der Waals surface area contributed by atoms with Crippen LogP contribution in [0, 0.1) is 11.7 Å². The van der Waals surface area contributed by atoms with E-state index in [1.54, 1.807) is 21.7 Å². The summed E-state index contributed by atoms with van der Waals surface area (Å²) in [6.45, 7) is 4.88. The quantitative estimate of drug-likeness (QED) is 0.327. The summed E-state index contributed by atoms with van der Waals surface area (Å²) in [6.07, 6.45) is 1.37. The van der Waals surface area contributed by atoms with Gasteiger partial charge in [0.05, 0.1) is 5.52 Å². The third kappa shape index (κ3) is 6.78. The van der Waals surface area contributed by atoms with Crippen molar-refractivity contribution in [2.75, 3.05) is 13.1 Å². The molecule has 1 aromatic heterocycles. The molecule has 1 heterocycles. The first-order valence-electron chi connectivity index (χ1n) is 12.6. The van der Waals surface area contributed by atoms with Crippen LogP contribution in [0.1, 0.15) is 37.4 Å². The van der Waals surface area contributed by atoms with Crippen molar-refractivity contribution >= 4 is 22.8 Å². The van der Waals surface area contributed by atoms with E-state index in [9.17, 15) is 14.0 Å². The van der Waals surface area contributed by atoms with E-state index in [0.717, 1.165) is 17.5 Å². The summed E-state index contributed by atoms with van der Waals surface area (Å²) < 4.78 is 15.3. The van der Waals surface area contributed by atoms with E-state index in [1.165, 1.54) is 12.1 Å². The van der Waals surface area contributed by atoms with E-state index in [-0.39, 0.29) is 18.4 Å². The SMILES string of the molecule is CC(C)CCNC(=O)[C@@H](c1ccc(F)cc1)N(CCc1ccccc1)C(=O)Cn1nnc2ccccc21. The number of halogens is 1. The van der Waals surface area contributed by atoms with E-state index in [0.29, 0.717) is 36.5 Å². The number of para-hydroxylation sites is 1. The highest BCUT2D eigenvalue weighted by atomic mass is 19.1. The maximum absolute atomic E-state index is 13.8. The number of carbonyl (C=O) groups excluding carboxylic acids is 2. The van der Waals surface area contributed by atoms with Crippen molar-refractivity contribution in [3.63, 3.8) is 0 Å². The minimum Gasteiger partial charge on any atom is -0.354 e. The predicted octanol–water partition coefficient (Wildman–Crippen LogP) is 4.55. The van der Waals surface area contributed by atoms with Crippen molar-refractivity contribution in [1.82, 2.24) is 25.2 Å². The van der Waals surface area contributed by atoms with Crippen molar-refractivity contribution < 1.29 is 14.0 Å². The van der Waals surface area contributed by atoms with Gasteiger partial charge in [-0.2, -0.15) is 0 Å². The number of fused-ring (bicyclic) bond motifs is 1. The fraction of sp³-hybridized carbons (Fsp3) is 0.310. The lowest BCUT2D eigenvalue weighted by molar-refractivity contribution is -0.141. The van der Waals surface area contributed by atoms with Crippen LogP contribution in [0.4, 0.5) is 4.39 Å². The minimum absolute atomic E-state index is 0.0771. The van der Waals surface area contributed by atoms with Crippen molar-refractivity contribution in [2.45, 2.75) is 39.3 Å². The first kappa shape index (κ1) is 26.0. The molecule has 37 heavy (non-hydrogen) atoms. The Hall–Kier alpha value is -4.07. The summed E-state index contributed by atoms with van der Waals surface area (Å²) in [7, 11) is 0. The van der Waals surface area contributed by atoms with Gasteiger partial charge in [0.1, 0.15) is 23.9 Å². The molecule has 1 N–H and O–H groups in total. The van der Waals surface area contributed by atoms with E-state index < -0.39 is 11.9 Å². The zero-order valence-corrected chi connectivity index (χ0v) is 21.2. The number of benzene rings is 3. The average Bonchev–Trinajstić information content (AvgIpc) is 3.30. The van der Waals surface area contributed by atoms with E-state index in [2.05, 4.69) is 29.5 Å². The molecule has 0 fully saturated rings. The summed E-state index contributed by atoms with van der Waals surface area (Å²) in [4.78, 5) is 28.9. The molecule has 0 spiro atoms. The number of carbonyl (C=O) groups is 2. The molecule has 3 aromatic carbocycles. The van der Waals surface area contributed by atoms with Gasteiger partial charge in [-0.3, -0.25) is 9.59 Å². The maximum atomic E-state index is 13.8. The van der Waals surface area contributed by atoms with Crippen molar-refractivity contribution in [3.05, 3.63) is 95.8 Å². The van der Waals surface area contributed by atoms with Crippen LogP contribution in [-0.4, -0.2) is 44.8 Å². The minimum atomic E-state index is -0.918. The predicted molar refractivity (Wildman–Crippen MR) is 141 cm³/mol. The normalized spacial score (nSPS) is 12.0. The van der Waals surface area contributed by atoms with Gasteiger partial charge in [0, 0.05) is 13.1 Å². The molecular weight excluding hydrogens is 469 g/mol. The number of amides is 2. The molecule has 0 unspecified atom stereocenters. The fourth-order valence-corrected chi connectivity index (χ4v) is 4.24. The molecule has 4 aromatic rings. The Morgan fingerprint density at radius 3 is 2.41 bits per heavy atom. The average molecular weight is 502 g/mol. The zero-order chi connectivity index (χ0) is 26.2. The molecular formula is C29H32FN5O2. The zero-order valence-electron chi connectivity index (χ0n) is 21.2. The van der Waals surface area contributed by atoms with Crippen LogP contribution in [0.3, 0.4) is 0 Å². The Kier molecular flexibility index (Phi) is 8.61. The van der Waals surface area contributed by atoms with Crippen molar-refractivity contribution in [3.8, 4) is 0 Å². The second-order valence-corrected chi connectivity index (χ2v) is 9.49. The highest BCUT2D eigenvalue weighted by Gasteiger charge is 2.31. The Morgan fingerprint density at radius 2 is 1.68 bits per heavy atom.